The second kappa shape index (κ2) is 11.0. The molecular formula is C22H23ClN6NaO+. The number of aromatic nitrogens is 6. The van der Waals surface area contributed by atoms with Crippen LogP contribution in [0.5, 0.6) is 0 Å². The summed E-state index contributed by atoms with van der Waals surface area (Å²) >= 11 is 6.26. The van der Waals surface area contributed by atoms with Gasteiger partial charge in [0.1, 0.15) is 5.82 Å². The minimum atomic E-state index is -0.131. The third-order valence-corrected chi connectivity index (χ3v) is 5.43. The van der Waals surface area contributed by atoms with E-state index in [0.717, 1.165) is 47.3 Å². The van der Waals surface area contributed by atoms with E-state index in [0.29, 0.717) is 23.2 Å². The Kier molecular flexibility index (Phi) is 8.40. The Labute approximate surface area is 208 Å². The Balaban J connectivity index is 0.00000272. The number of H-pyrrole nitrogens is 1. The zero-order valence-corrected chi connectivity index (χ0v) is 20.5. The molecule has 4 rings (SSSR count). The molecule has 0 spiro atoms. The predicted octanol–water partition coefficient (Wildman–Crippen LogP) is 1.27. The van der Waals surface area contributed by atoms with Gasteiger partial charge in [0.05, 0.1) is 12.3 Å². The Bertz CT molecular complexity index is 1110. The molecule has 31 heavy (non-hydrogen) atoms. The fourth-order valence-electron chi connectivity index (χ4n) is 3.55. The molecule has 4 aromatic rings. The van der Waals surface area contributed by atoms with Gasteiger partial charge in [0.2, 0.25) is 5.82 Å². The first kappa shape index (κ1) is 23.6. The molecule has 2 heterocycles. The minimum absolute atomic E-state index is 0. The Morgan fingerprint density at radius 2 is 1.81 bits per heavy atom. The van der Waals surface area contributed by atoms with Gasteiger partial charge in [-0.3, -0.25) is 0 Å². The van der Waals surface area contributed by atoms with Gasteiger partial charge in [-0.25, -0.2) is 4.98 Å². The SMILES string of the molecule is CCCCc1nc(Cl)c(CO)n1Cc1ccc(-c2ccccc2-c2nn[nH]n2)cc1.[Na+]. The maximum absolute atomic E-state index is 9.77. The number of hydrogen-bond donors (Lipinski definition) is 2. The number of halogens is 1. The number of aliphatic hydroxyl groups is 1. The van der Waals surface area contributed by atoms with Crippen molar-refractivity contribution < 1.29 is 34.7 Å². The molecule has 154 valence electrons. The summed E-state index contributed by atoms with van der Waals surface area (Å²) in [5, 5.41) is 24.5. The first-order valence-corrected chi connectivity index (χ1v) is 10.4. The molecule has 0 bridgehead atoms. The average Bonchev–Trinajstić information content (AvgIpc) is 3.41. The molecule has 7 nitrogen and oxygen atoms in total. The van der Waals surface area contributed by atoms with Crippen LogP contribution in [-0.2, 0) is 19.6 Å². The normalized spacial score (nSPS) is 10.8. The van der Waals surface area contributed by atoms with Gasteiger partial charge in [-0.1, -0.05) is 73.5 Å². The van der Waals surface area contributed by atoms with Crippen LogP contribution in [0.1, 0.15) is 36.8 Å². The van der Waals surface area contributed by atoms with E-state index in [2.05, 4.69) is 56.8 Å². The molecule has 2 N–H and O–H groups in total. The molecule has 0 amide bonds. The standard InChI is InChI=1S/C22H23ClN6O.Na/c1-2-3-8-20-24-21(23)19(14-30)29(20)13-15-9-11-16(12-10-15)17-6-4-5-7-18(17)22-25-27-28-26-22;/h4-7,9-12,30H,2-3,8,13-14H2,1H3,(H,25,26,27,28);/q;+1. The van der Waals surface area contributed by atoms with Crippen molar-refractivity contribution in [3.05, 3.63) is 70.8 Å². The van der Waals surface area contributed by atoms with E-state index in [9.17, 15) is 5.11 Å². The quantitative estimate of drug-likeness (QED) is 0.398. The van der Waals surface area contributed by atoms with Crippen molar-refractivity contribution >= 4 is 11.6 Å². The van der Waals surface area contributed by atoms with Crippen LogP contribution < -0.4 is 29.6 Å². The molecule has 0 saturated carbocycles. The van der Waals surface area contributed by atoms with Gasteiger partial charge in [-0.15, -0.1) is 10.2 Å². The Morgan fingerprint density at radius 1 is 1.06 bits per heavy atom. The molecule has 0 unspecified atom stereocenters. The summed E-state index contributed by atoms with van der Waals surface area (Å²) in [5.41, 5.74) is 4.80. The number of nitrogens with zero attached hydrogens (tertiary/aromatic N) is 5. The molecular weight excluding hydrogens is 423 g/mol. The van der Waals surface area contributed by atoms with Gasteiger partial charge in [-0.05, 0) is 28.3 Å². The number of benzene rings is 2. The van der Waals surface area contributed by atoms with E-state index in [4.69, 9.17) is 11.6 Å². The van der Waals surface area contributed by atoms with E-state index in [1.807, 2.05) is 28.8 Å². The number of hydrogen-bond acceptors (Lipinski definition) is 5. The van der Waals surface area contributed by atoms with Gasteiger partial charge in [-0.2, -0.15) is 5.21 Å². The minimum Gasteiger partial charge on any atom is -0.390 e. The number of rotatable bonds is 8. The molecule has 0 aliphatic heterocycles. The van der Waals surface area contributed by atoms with Crippen LogP contribution in [0, 0.1) is 0 Å². The summed E-state index contributed by atoms with van der Waals surface area (Å²) in [6, 6.07) is 16.3. The van der Waals surface area contributed by atoms with Gasteiger partial charge < -0.3 is 9.67 Å². The van der Waals surface area contributed by atoms with Crippen molar-refractivity contribution in [2.24, 2.45) is 0 Å². The first-order valence-electron chi connectivity index (χ1n) is 9.98. The van der Waals surface area contributed by atoms with Crippen molar-refractivity contribution in [1.29, 1.82) is 0 Å². The number of nitrogens with one attached hydrogen (secondary N) is 1. The van der Waals surface area contributed by atoms with Crippen molar-refractivity contribution in [2.45, 2.75) is 39.3 Å². The van der Waals surface area contributed by atoms with E-state index in [-0.39, 0.29) is 36.2 Å². The largest absolute Gasteiger partial charge is 1.00 e. The summed E-state index contributed by atoms with van der Waals surface area (Å²) in [4.78, 5) is 4.47. The number of aliphatic hydroxyl groups excluding tert-OH is 1. The van der Waals surface area contributed by atoms with Crippen molar-refractivity contribution in [2.75, 3.05) is 0 Å². The smallest absolute Gasteiger partial charge is 0.390 e. The average molecular weight is 446 g/mol. The molecule has 0 fully saturated rings. The zero-order chi connectivity index (χ0) is 20.9. The molecule has 0 aliphatic carbocycles. The fourth-order valence-corrected chi connectivity index (χ4v) is 3.81. The topological polar surface area (TPSA) is 92.5 Å². The van der Waals surface area contributed by atoms with E-state index < -0.39 is 0 Å². The molecule has 2 aromatic heterocycles. The summed E-state index contributed by atoms with van der Waals surface area (Å²) in [7, 11) is 0. The molecule has 0 radical (unpaired) electrons. The summed E-state index contributed by atoms with van der Waals surface area (Å²) < 4.78 is 2.03. The second-order valence-electron chi connectivity index (χ2n) is 7.09. The predicted molar refractivity (Wildman–Crippen MR) is 116 cm³/mol. The monoisotopic (exact) mass is 445 g/mol. The summed E-state index contributed by atoms with van der Waals surface area (Å²) in [5.74, 6) is 1.48. The Morgan fingerprint density at radius 3 is 2.45 bits per heavy atom. The maximum Gasteiger partial charge on any atom is 1.00 e. The van der Waals surface area contributed by atoms with Crippen LogP contribution in [0.25, 0.3) is 22.5 Å². The van der Waals surface area contributed by atoms with Gasteiger partial charge in [0, 0.05) is 18.5 Å². The van der Waals surface area contributed by atoms with Crippen LogP contribution in [0.4, 0.5) is 0 Å². The first-order chi connectivity index (χ1) is 14.7. The molecule has 9 heteroatoms. The number of unbranched alkanes of at least 4 members (excludes halogenated alkanes) is 1. The van der Waals surface area contributed by atoms with Gasteiger partial charge >= 0.3 is 29.6 Å². The van der Waals surface area contributed by atoms with Crippen molar-refractivity contribution in [3.63, 3.8) is 0 Å². The van der Waals surface area contributed by atoms with E-state index >= 15 is 0 Å². The van der Waals surface area contributed by atoms with Crippen LogP contribution >= 0.6 is 11.6 Å². The van der Waals surface area contributed by atoms with Gasteiger partial charge in [0.25, 0.3) is 0 Å². The second-order valence-corrected chi connectivity index (χ2v) is 7.45. The summed E-state index contributed by atoms with van der Waals surface area (Å²) in [6.45, 7) is 2.63. The van der Waals surface area contributed by atoms with Crippen molar-refractivity contribution in [1.82, 2.24) is 30.2 Å². The summed E-state index contributed by atoms with van der Waals surface area (Å²) in [6.07, 6.45) is 2.95. The number of tetrazole rings is 1. The third-order valence-electron chi connectivity index (χ3n) is 5.13. The molecule has 2 aromatic carbocycles. The fraction of sp³-hybridized carbons (Fsp3) is 0.273. The Hall–Kier alpha value is -2.03. The molecule has 0 saturated heterocycles. The van der Waals surface area contributed by atoms with Crippen LogP contribution in [0.2, 0.25) is 5.15 Å². The van der Waals surface area contributed by atoms with Crippen molar-refractivity contribution in [3.8, 4) is 22.5 Å². The number of aryl methyl sites for hydroxylation is 1. The number of aromatic amines is 1. The van der Waals surface area contributed by atoms with Crippen LogP contribution in [0.15, 0.2) is 48.5 Å². The maximum atomic E-state index is 9.77. The zero-order valence-electron chi connectivity index (χ0n) is 17.7. The third kappa shape index (κ3) is 5.25. The molecule has 0 atom stereocenters. The van der Waals surface area contributed by atoms with Crippen LogP contribution in [-0.4, -0.2) is 35.3 Å². The van der Waals surface area contributed by atoms with Crippen LogP contribution in [0.3, 0.4) is 0 Å². The van der Waals surface area contributed by atoms with E-state index in [1.54, 1.807) is 0 Å². The van der Waals surface area contributed by atoms with Gasteiger partial charge in [0.15, 0.2) is 5.15 Å². The number of imidazole rings is 1. The molecule has 0 aliphatic rings. The van der Waals surface area contributed by atoms with E-state index in [1.165, 1.54) is 0 Å².